The van der Waals surface area contributed by atoms with E-state index in [4.69, 9.17) is 18.7 Å². The SMILES string of the molecule is C=CCNC(=O)[C@H](C)OC(=O)CCc1nc(-c2ccc(OC)c(OC)c2)no1. The fourth-order valence-corrected chi connectivity index (χ4v) is 2.28. The van der Waals surface area contributed by atoms with Crippen molar-refractivity contribution in [1.82, 2.24) is 15.5 Å². The van der Waals surface area contributed by atoms with E-state index in [-0.39, 0.29) is 24.6 Å². The second-order valence-electron chi connectivity index (χ2n) is 5.75. The predicted molar refractivity (Wildman–Crippen MR) is 99.9 cm³/mol. The van der Waals surface area contributed by atoms with Crippen LogP contribution in [0.2, 0.25) is 0 Å². The van der Waals surface area contributed by atoms with Gasteiger partial charge in [-0.1, -0.05) is 11.2 Å². The zero-order valence-corrected chi connectivity index (χ0v) is 16.1. The summed E-state index contributed by atoms with van der Waals surface area (Å²) in [5, 5.41) is 6.47. The number of benzene rings is 1. The fourth-order valence-electron chi connectivity index (χ4n) is 2.28. The summed E-state index contributed by atoms with van der Waals surface area (Å²) in [4.78, 5) is 27.8. The van der Waals surface area contributed by atoms with Gasteiger partial charge in [0.15, 0.2) is 17.6 Å². The minimum Gasteiger partial charge on any atom is -0.493 e. The van der Waals surface area contributed by atoms with Crippen LogP contribution in [0.3, 0.4) is 0 Å². The lowest BCUT2D eigenvalue weighted by molar-refractivity contribution is -0.154. The molecule has 9 nitrogen and oxygen atoms in total. The van der Waals surface area contributed by atoms with E-state index >= 15 is 0 Å². The van der Waals surface area contributed by atoms with Crippen molar-refractivity contribution in [2.45, 2.75) is 25.9 Å². The first-order valence-corrected chi connectivity index (χ1v) is 8.61. The Kier molecular flexibility index (Phi) is 7.55. The summed E-state index contributed by atoms with van der Waals surface area (Å²) >= 11 is 0. The molecule has 2 rings (SSSR count). The van der Waals surface area contributed by atoms with E-state index in [2.05, 4.69) is 22.0 Å². The first kappa shape index (κ1) is 20.9. The van der Waals surface area contributed by atoms with Gasteiger partial charge in [-0.25, -0.2) is 0 Å². The van der Waals surface area contributed by atoms with Gasteiger partial charge < -0.3 is 24.1 Å². The zero-order chi connectivity index (χ0) is 20.5. The zero-order valence-electron chi connectivity index (χ0n) is 16.1. The third kappa shape index (κ3) is 5.57. The number of methoxy groups -OCH3 is 2. The highest BCUT2D eigenvalue weighted by Gasteiger charge is 2.18. The van der Waals surface area contributed by atoms with Crippen molar-refractivity contribution in [3.63, 3.8) is 0 Å². The molecule has 150 valence electrons. The van der Waals surface area contributed by atoms with E-state index in [1.165, 1.54) is 20.1 Å². The molecule has 0 saturated carbocycles. The van der Waals surface area contributed by atoms with Crippen LogP contribution in [0, 0.1) is 0 Å². The Bertz CT molecular complexity index is 833. The van der Waals surface area contributed by atoms with Crippen LogP contribution >= 0.6 is 0 Å². The Morgan fingerprint density at radius 3 is 2.71 bits per heavy atom. The monoisotopic (exact) mass is 389 g/mol. The van der Waals surface area contributed by atoms with E-state index in [0.29, 0.717) is 29.4 Å². The molecule has 1 amide bonds. The predicted octanol–water partition coefficient (Wildman–Crippen LogP) is 1.92. The van der Waals surface area contributed by atoms with Gasteiger partial charge in [-0.05, 0) is 25.1 Å². The summed E-state index contributed by atoms with van der Waals surface area (Å²) in [5.41, 5.74) is 0.683. The van der Waals surface area contributed by atoms with Gasteiger partial charge in [-0.3, -0.25) is 9.59 Å². The number of aryl methyl sites for hydroxylation is 1. The molecule has 0 fully saturated rings. The highest BCUT2D eigenvalue weighted by atomic mass is 16.5. The van der Waals surface area contributed by atoms with Gasteiger partial charge in [0.25, 0.3) is 5.91 Å². The highest BCUT2D eigenvalue weighted by Crippen LogP contribution is 2.31. The van der Waals surface area contributed by atoms with Crippen LogP contribution in [0.1, 0.15) is 19.2 Å². The molecule has 2 aromatic rings. The molecule has 0 bridgehead atoms. The van der Waals surface area contributed by atoms with Crippen LogP contribution in [-0.4, -0.2) is 48.9 Å². The maximum absolute atomic E-state index is 11.9. The van der Waals surface area contributed by atoms with Crippen LogP contribution in [0.4, 0.5) is 0 Å². The van der Waals surface area contributed by atoms with Crippen LogP contribution in [0.15, 0.2) is 35.4 Å². The first-order valence-electron chi connectivity index (χ1n) is 8.61. The van der Waals surface area contributed by atoms with Gasteiger partial charge in [-0.15, -0.1) is 6.58 Å². The summed E-state index contributed by atoms with van der Waals surface area (Å²) in [6.07, 6.45) is 0.850. The van der Waals surface area contributed by atoms with Crippen molar-refractivity contribution in [3.05, 3.63) is 36.7 Å². The van der Waals surface area contributed by atoms with E-state index in [0.717, 1.165) is 0 Å². The van der Waals surface area contributed by atoms with Crippen molar-refractivity contribution in [2.75, 3.05) is 20.8 Å². The van der Waals surface area contributed by atoms with Crippen LogP contribution in [0.25, 0.3) is 11.4 Å². The van der Waals surface area contributed by atoms with Gasteiger partial charge in [0.2, 0.25) is 11.7 Å². The molecular weight excluding hydrogens is 366 g/mol. The number of nitrogens with zero attached hydrogens (tertiary/aromatic N) is 2. The average Bonchev–Trinajstić information content (AvgIpc) is 3.18. The Hall–Kier alpha value is -3.36. The highest BCUT2D eigenvalue weighted by molar-refractivity contribution is 5.83. The van der Waals surface area contributed by atoms with Crippen molar-refractivity contribution in [2.24, 2.45) is 0 Å². The number of esters is 1. The van der Waals surface area contributed by atoms with Gasteiger partial charge in [0, 0.05) is 18.5 Å². The minimum atomic E-state index is -0.891. The smallest absolute Gasteiger partial charge is 0.307 e. The standard InChI is InChI=1S/C19H23N3O6/c1-5-10-20-19(24)12(2)27-17(23)9-8-16-21-18(22-28-16)13-6-7-14(25-3)15(11-13)26-4/h5-7,11-12H,1,8-10H2,2-4H3,(H,20,24)/t12-/m0/s1. The number of hydrogen-bond donors (Lipinski definition) is 1. The van der Waals surface area contributed by atoms with E-state index in [9.17, 15) is 9.59 Å². The molecule has 9 heteroatoms. The lowest BCUT2D eigenvalue weighted by Crippen LogP contribution is -2.35. The summed E-state index contributed by atoms with van der Waals surface area (Å²) < 4.78 is 20.7. The van der Waals surface area contributed by atoms with Gasteiger partial charge >= 0.3 is 5.97 Å². The van der Waals surface area contributed by atoms with Crippen molar-refractivity contribution in [1.29, 1.82) is 0 Å². The Balaban J connectivity index is 1.92. The lowest BCUT2D eigenvalue weighted by atomic mass is 10.2. The Labute approximate surface area is 162 Å². The summed E-state index contributed by atoms with van der Waals surface area (Å²) in [6.45, 7) is 5.30. The maximum Gasteiger partial charge on any atom is 0.307 e. The van der Waals surface area contributed by atoms with Gasteiger partial charge in [0.05, 0.1) is 20.6 Å². The normalized spacial score (nSPS) is 11.4. The molecule has 0 saturated heterocycles. The first-order chi connectivity index (χ1) is 13.5. The molecule has 28 heavy (non-hydrogen) atoms. The Morgan fingerprint density at radius 1 is 1.29 bits per heavy atom. The minimum absolute atomic E-state index is 0.00659. The van der Waals surface area contributed by atoms with Crippen LogP contribution in [-0.2, 0) is 20.7 Å². The number of amides is 1. The number of aromatic nitrogens is 2. The van der Waals surface area contributed by atoms with Crippen molar-refractivity contribution < 1.29 is 28.3 Å². The topological polar surface area (TPSA) is 113 Å². The molecule has 0 unspecified atom stereocenters. The molecule has 1 N–H and O–H groups in total. The second-order valence-corrected chi connectivity index (χ2v) is 5.75. The number of hydrogen-bond acceptors (Lipinski definition) is 8. The van der Waals surface area contributed by atoms with E-state index in [1.54, 1.807) is 25.3 Å². The van der Waals surface area contributed by atoms with Crippen molar-refractivity contribution >= 4 is 11.9 Å². The molecule has 0 aliphatic heterocycles. The van der Waals surface area contributed by atoms with Gasteiger partial charge in [-0.2, -0.15) is 4.98 Å². The lowest BCUT2D eigenvalue weighted by Gasteiger charge is -2.12. The number of carbonyl (C=O) groups excluding carboxylic acids is 2. The van der Waals surface area contributed by atoms with Crippen LogP contribution < -0.4 is 14.8 Å². The molecular formula is C19H23N3O6. The molecule has 1 atom stereocenters. The van der Waals surface area contributed by atoms with E-state index in [1.807, 2.05) is 0 Å². The number of rotatable bonds is 10. The summed E-state index contributed by atoms with van der Waals surface area (Å²) in [5.74, 6) is 0.850. The Morgan fingerprint density at radius 2 is 2.04 bits per heavy atom. The maximum atomic E-state index is 11.9. The molecule has 1 aromatic heterocycles. The fraction of sp³-hybridized carbons (Fsp3) is 0.368. The van der Waals surface area contributed by atoms with Crippen LogP contribution in [0.5, 0.6) is 11.5 Å². The molecule has 1 heterocycles. The quantitative estimate of drug-likeness (QED) is 0.484. The average molecular weight is 389 g/mol. The molecule has 0 radical (unpaired) electrons. The molecule has 1 aromatic carbocycles. The third-order valence-corrected chi connectivity index (χ3v) is 3.75. The molecule has 0 aliphatic rings. The largest absolute Gasteiger partial charge is 0.493 e. The molecule has 0 spiro atoms. The van der Waals surface area contributed by atoms with Crippen molar-refractivity contribution in [3.8, 4) is 22.9 Å². The third-order valence-electron chi connectivity index (χ3n) is 3.75. The second kappa shape index (κ2) is 10.1. The van der Waals surface area contributed by atoms with Gasteiger partial charge in [0.1, 0.15) is 0 Å². The summed E-state index contributed by atoms with van der Waals surface area (Å²) in [6, 6.07) is 5.24. The number of carbonyl (C=O) groups is 2. The number of ether oxygens (including phenoxy) is 3. The molecule has 0 aliphatic carbocycles. The number of nitrogens with one attached hydrogen (secondary N) is 1. The van der Waals surface area contributed by atoms with E-state index < -0.39 is 12.1 Å². The summed E-state index contributed by atoms with van der Waals surface area (Å²) in [7, 11) is 3.08.